The molecule has 5 heteroatoms. The maximum absolute atomic E-state index is 11.6. The van der Waals surface area contributed by atoms with Gasteiger partial charge in [0.1, 0.15) is 5.69 Å². The molecule has 0 aliphatic heterocycles. The number of hydrogen-bond acceptors (Lipinski definition) is 3. The normalized spacial score (nSPS) is 17.1. The zero-order valence-corrected chi connectivity index (χ0v) is 8.12. The van der Waals surface area contributed by atoms with Crippen LogP contribution in [-0.4, -0.2) is 28.1 Å². The highest BCUT2D eigenvalue weighted by atomic mass is 16.3. The van der Waals surface area contributed by atoms with Crippen LogP contribution in [0.4, 0.5) is 0 Å². The smallest absolute Gasteiger partial charge is 0.268 e. The van der Waals surface area contributed by atoms with Gasteiger partial charge in [0.05, 0.1) is 12.1 Å². The van der Waals surface area contributed by atoms with E-state index in [1.807, 2.05) is 0 Å². The van der Waals surface area contributed by atoms with Crippen molar-refractivity contribution in [2.24, 2.45) is 0 Å². The van der Waals surface area contributed by atoms with Gasteiger partial charge in [0.25, 0.3) is 5.91 Å². The number of H-pyrrole nitrogens is 1. The zero-order chi connectivity index (χ0) is 10.9. The molecule has 5 nitrogen and oxygen atoms in total. The van der Waals surface area contributed by atoms with Crippen LogP contribution in [0, 0.1) is 0 Å². The molecule has 1 fully saturated rings. The Morgan fingerprint density at radius 2 is 2.27 bits per heavy atom. The van der Waals surface area contributed by atoms with E-state index >= 15 is 0 Å². The number of aromatic nitrogens is 1. The van der Waals surface area contributed by atoms with Gasteiger partial charge >= 0.3 is 0 Å². The monoisotopic (exact) mass is 208 g/mol. The third-order valence-corrected chi connectivity index (χ3v) is 2.55. The number of amides is 1. The van der Waals surface area contributed by atoms with Crippen molar-refractivity contribution in [3.63, 3.8) is 0 Å². The van der Waals surface area contributed by atoms with Crippen molar-refractivity contribution >= 4 is 5.91 Å². The first-order chi connectivity index (χ1) is 7.15. The van der Waals surface area contributed by atoms with Crippen LogP contribution in [0.3, 0.4) is 0 Å². The lowest BCUT2D eigenvalue weighted by atomic mass is 10.2. The summed E-state index contributed by atoms with van der Waals surface area (Å²) in [4.78, 5) is 25.0. The summed E-state index contributed by atoms with van der Waals surface area (Å²) < 4.78 is 0. The second kappa shape index (κ2) is 3.51. The molecule has 15 heavy (non-hydrogen) atoms. The van der Waals surface area contributed by atoms with E-state index < -0.39 is 5.54 Å². The molecule has 0 saturated heterocycles. The molecule has 2 rings (SSSR count). The Morgan fingerprint density at radius 3 is 2.80 bits per heavy atom. The minimum Gasteiger partial charge on any atom is -0.394 e. The van der Waals surface area contributed by atoms with E-state index in [1.165, 1.54) is 18.2 Å². The largest absolute Gasteiger partial charge is 0.394 e. The number of nitrogens with one attached hydrogen (secondary N) is 2. The number of rotatable bonds is 3. The fraction of sp³-hybridized carbons (Fsp3) is 0.400. The van der Waals surface area contributed by atoms with Crippen LogP contribution in [-0.2, 0) is 0 Å². The first-order valence-electron chi connectivity index (χ1n) is 4.78. The summed E-state index contributed by atoms with van der Waals surface area (Å²) >= 11 is 0. The molecule has 1 aliphatic carbocycles. The van der Waals surface area contributed by atoms with Crippen LogP contribution in [0.1, 0.15) is 23.3 Å². The molecule has 0 aromatic carbocycles. The predicted octanol–water partition coefficient (Wildman–Crippen LogP) is -0.370. The van der Waals surface area contributed by atoms with Gasteiger partial charge < -0.3 is 15.4 Å². The lowest BCUT2D eigenvalue weighted by molar-refractivity contribution is 0.0901. The van der Waals surface area contributed by atoms with Gasteiger partial charge in [0.15, 0.2) is 0 Å². The highest BCUT2D eigenvalue weighted by molar-refractivity contribution is 5.92. The van der Waals surface area contributed by atoms with Crippen LogP contribution in [0.5, 0.6) is 0 Å². The van der Waals surface area contributed by atoms with Crippen LogP contribution in [0.25, 0.3) is 0 Å². The Morgan fingerprint density at radius 1 is 1.53 bits per heavy atom. The minimum atomic E-state index is -0.455. The summed E-state index contributed by atoms with van der Waals surface area (Å²) in [5.74, 6) is -0.348. The Labute approximate surface area is 86.1 Å². The van der Waals surface area contributed by atoms with E-state index in [0.29, 0.717) is 0 Å². The van der Waals surface area contributed by atoms with Gasteiger partial charge in [-0.3, -0.25) is 9.59 Å². The van der Waals surface area contributed by atoms with E-state index in [4.69, 9.17) is 5.11 Å². The molecule has 1 heterocycles. The van der Waals surface area contributed by atoms with Crippen LogP contribution in [0.15, 0.2) is 23.0 Å². The van der Waals surface area contributed by atoms with Gasteiger partial charge in [-0.05, 0) is 18.9 Å². The number of aliphatic hydroxyl groups is 1. The number of aliphatic hydroxyl groups excluding tert-OH is 1. The molecule has 0 spiro atoms. The Hall–Kier alpha value is -1.62. The molecule has 0 atom stereocenters. The predicted molar refractivity (Wildman–Crippen MR) is 53.6 cm³/mol. The third kappa shape index (κ3) is 2.07. The van der Waals surface area contributed by atoms with Crippen molar-refractivity contribution < 1.29 is 9.90 Å². The van der Waals surface area contributed by atoms with Gasteiger partial charge in [0.2, 0.25) is 5.56 Å². The lowest BCUT2D eigenvalue weighted by Crippen LogP contribution is -2.40. The van der Waals surface area contributed by atoms with Crippen molar-refractivity contribution in [3.8, 4) is 0 Å². The van der Waals surface area contributed by atoms with Gasteiger partial charge in [-0.2, -0.15) is 0 Å². The average Bonchev–Trinajstić information content (AvgIpc) is 2.98. The molecule has 3 N–H and O–H groups in total. The molecule has 0 bridgehead atoms. The first kappa shape index (κ1) is 9.92. The lowest BCUT2D eigenvalue weighted by Gasteiger charge is -2.13. The highest BCUT2D eigenvalue weighted by Gasteiger charge is 2.43. The van der Waals surface area contributed by atoms with E-state index in [-0.39, 0.29) is 23.8 Å². The zero-order valence-electron chi connectivity index (χ0n) is 8.12. The Bertz CT molecular complexity index is 434. The van der Waals surface area contributed by atoms with Gasteiger partial charge in [0, 0.05) is 6.07 Å². The van der Waals surface area contributed by atoms with Crippen molar-refractivity contribution in [2.45, 2.75) is 18.4 Å². The summed E-state index contributed by atoms with van der Waals surface area (Å²) in [7, 11) is 0. The maximum Gasteiger partial charge on any atom is 0.268 e. The summed E-state index contributed by atoms with van der Waals surface area (Å²) in [6.07, 6.45) is 1.57. The van der Waals surface area contributed by atoms with Crippen molar-refractivity contribution in [2.75, 3.05) is 6.61 Å². The van der Waals surface area contributed by atoms with Crippen molar-refractivity contribution in [3.05, 3.63) is 34.2 Å². The Balaban J connectivity index is 2.12. The average molecular weight is 208 g/mol. The molecule has 1 aromatic rings. The first-order valence-corrected chi connectivity index (χ1v) is 4.78. The second-order valence-corrected chi connectivity index (χ2v) is 3.82. The van der Waals surface area contributed by atoms with Gasteiger partial charge in [-0.15, -0.1) is 0 Å². The number of pyridine rings is 1. The molecule has 1 amide bonds. The van der Waals surface area contributed by atoms with E-state index in [0.717, 1.165) is 12.8 Å². The van der Waals surface area contributed by atoms with Crippen LogP contribution < -0.4 is 10.9 Å². The molecular formula is C10H12N2O3. The molecule has 0 unspecified atom stereocenters. The molecule has 1 aliphatic rings. The fourth-order valence-electron chi connectivity index (χ4n) is 1.36. The molecule has 1 saturated carbocycles. The maximum atomic E-state index is 11.6. The molecular weight excluding hydrogens is 196 g/mol. The topological polar surface area (TPSA) is 82.2 Å². The molecule has 0 radical (unpaired) electrons. The quantitative estimate of drug-likeness (QED) is 0.633. The Kier molecular flexibility index (Phi) is 2.32. The van der Waals surface area contributed by atoms with Crippen LogP contribution >= 0.6 is 0 Å². The number of aromatic amines is 1. The molecule has 80 valence electrons. The summed E-state index contributed by atoms with van der Waals surface area (Å²) in [6.45, 7) is -0.0597. The second-order valence-electron chi connectivity index (χ2n) is 3.82. The van der Waals surface area contributed by atoms with Gasteiger partial charge in [-0.25, -0.2) is 0 Å². The third-order valence-electron chi connectivity index (χ3n) is 2.55. The number of hydrogen-bond donors (Lipinski definition) is 3. The fourth-order valence-corrected chi connectivity index (χ4v) is 1.36. The van der Waals surface area contributed by atoms with E-state index in [9.17, 15) is 9.59 Å². The van der Waals surface area contributed by atoms with Crippen molar-refractivity contribution in [1.82, 2.24) is 10.3 Å². The number of carbonyl (C=O) groups excluding carboxylic acids is 1. The SMILES string of the molecule is O=C(NC1(CO)CC1)c1cccc(=O)[nH]1. The molecule has 1 aromatic heterocycles. The summed E-state index contributed by atoms with van der Waals surface area (Å²) in [5, 5.41) is 11.7. The van der Waals surface area contributed by atoms with Gasteiger partial charge in [-0.1, -0.05) is 6.07 Å². The minimum absolute atomic E-state index is 0.0597. The summed E-state index contributed by atoms with van der Waals surface area (Å²) in [6, 6.07) is 4.40. The van der Waals surface area contributed by atoms with E-state index in [1.54, 1.807) is 0 Å². The number of carbonyl (C=O) groups is 1. The summed E-state index contributed by atoms with van der Waals surface area (Å²) in [5.41, 5.74) is -0.539. The van der Waals surface area contributed by atoms with Crippen molar-refractivity contribution in [1.29, 1.82) is 0 Å². The highest BCUT2D eigenvalue weighted by Crippen LogP contribution is 2.34. The van der Waals surface area contributed by atoms with E-state index in [2.05, 4.69) is 10.3 Å². The standard InChI is InChI=1S/C10H12N2O3/c13-6-10(4-5-10)12-9(15)7-2-1-3-8(14)11-7/h1-3,13H,4-6H2,(H,11,14)(H,12,15). The van der Waals surface area contributed by atoms with Crippen LogP contribution in [0.2, 0.25) is 0 Å².